The van der Waals surface area contributed by atoms with E-state index in [1.165, 1.54) is 12.1 Å². The molecule has 1 saturated heterocycles. The zero-order valence-corrected chi connectivity index (χ0v) is 21.2. The van der Waals surface area contributed by atoms with Crippen LogP contribution in [0, 0.1) is 11.7 Å². The van der Waals surface area contributed by atoms with Crippen molar-refractivity contribution in [3.63, 3.8) is 0 Å². The molecule has 1 aliphatic rings. The summed E-state index contributed by atoms with van der Waals surface area (Å²) in [4.78, 5) is 4.92. The van der Waals surface area contributed by atoms with Crippen molar-refractivity contribution in [3.8, 4) is 11.3 Å². The van der Waals surface area contributed by atoms with Crippen molar-refractivity contribution >= 4 is 21.9 Å². The molecule has 1 aliphatic heterocycles. The number of fused-ring (bicyclic) bond motifs is 3. The summed E-state index contributed by atoms with van der Waals surface area (Å²) in [5, 5.41) is 20.0. The number of aromatic nitrogens is 5. The van der Waals surface area contributed by atoms with Crippen LogP contribution in [0.3, 0.4) is 0 Å². The maximum atomic E-state index is 14.0. The molecule has 0 spiro atoms. The smallest absolute Gasteiger partial charge is 0.123 e. The number of nitrogens with zero attached hydrogens (tertiary/aromatic N) is 5. The first-order valence-corrected chi connectivity index (χ1v) is 12.7. The van der Waals surface area contributed by atoms with Gasteiger partial charge in [-0.3, -0.25) is 4.98 Å². The molecule has 1 fully saturated rings. The summed E-state index contributed by atoms with van der Waals surface area (Å²) in [6.07, 6.45) is 5.38. The Morgan fingerprint density at radius 1 is 1.03 bits per heavy atom. The molecule has 37 heavy (non-hydrogen) atoms. The topological polar surface area (TPSA) is 78.0 Å². The van der Waals surface area contributed by atoms with Crippen molar-refractivity contribution in [1.82, 2.24) is 24.5 Å². The summed E-state index contributed by atoms with van der Waals surface area (Å²) < 4.78 is 23.8. The van der Waals surface area contributed by atoms with Gasteiger partial charge in [0, 0.05) is 37.4 Å². The third-order valence-electron chi connectivity index (χ3n) is 7.56. The van der Waals surface area contributed by atoms with Crippen LogP contribution < -0.4 is 0 Å². The average Bonchev–Trinajstić information content (AvgIpc) is 3.46. The number of pyridine rings is 1. The summed E-state index contributed by atoms with van der Waals surface area (Å²) in [5.41, 5.74) is 5.49. The molecule has 0 radical (unpaired) electrons. The van der Waals surface area contributed by atoms with Gasteiger partial charge in [-0.1, -0.05) is 29.5 Å². The molecule has 2 aromatic carbocycles. The molecule has 8 heteroatoms. The molecule has 4 heterocycles. The fourth-order valence-electron chi connectivity index (χ4n) is 5.60. The van der Waals surface area contributed by atoms with Gasteiger partial charge in [0.05, 0.1) is 40.1 Å². The van der Waals surface area contributed by atoms with Crippen molar-refractivity contribution in [3.05, 3.63) is 77.9 Å². The summed E-state index contributed by atoms with van der Waals surface area (Å²) in [6, 6.07) is 15.0. The van der Waals surface area contributed by atoms with Gasteiger partial charge in [-0.05, 0) is 68.0 Å². The molecule has 0 saturated carbocycles. The number of hydrogen-bond acceptors (Lipinski definition) is 5. The Kier molecular flexibility index (Phi) is 5.81. The summed E-state index contributed by atoms with van der Waals surface area (Å²) in [5.74, 6) is 0.0273. The monoisotopic (exact) mass is 499 g/mol. The number of rotatable bonds is 5. The molecular formula is C29H30FN5O2. The molecule has 0 aliphatic carbocycles. The second kappa shape index (κ2) is 9.04. The lowest BCUT2D eigenvalue weighted by Crippen LogP contribution is -2.27. The van der Waals surface area contributed by atoms with Crippen molar-refractivity contribution in [2.75, 3.05) is 13.2 Å². The lowest BCUT2D eigenvalue weighted by atomic mass is 9.86. The number of hydrogen-bond donors (Lipinski definition) is 1. The number of ether oxygens (including phenoxy) is 1. The Morgan fingerprint density at radius 3 is 2.46 bits per heavy atom. The maximum Gasteiger partial charge on any atom is 0.123 e. The lowest BCUT2D eigenvalue weighted by molar-refractivity contribution is 0.0552. The molecule has 0 bridgehead atoms. The Morgan fingerprint density at radius 2 is 1.78 bits per heavy atom. The van der Waals surface area contributed by atoms with Gasteiger partial charge in [-0.25, -0.2) is 9.07 Å². The van der Waals surface area contributed by atoms with Crippen LogP contribution in [0.5, 0.6) is 0 Å². The molecule has 190 valence electrons. The van der Waals surface area contributed by atoms with Crippen LogP contribution in [0.1, 0.15) is 43.9 Å². The molecule has 0 unspecified atom stereocenters. The van der Waals surface area contributed by atoms with Crippen LogP contribution in [-0.2, 0) is 17.4 Å². The highest BCUT2D eigenvalue weighted by Gasteiger charge is 2.31. The van der Waals surface area contributed by atoms with E-state index in [9.17, 15) is 9.50 Å². The van der Waals surface area contributed by atoms with E-state index in [0.717, 1.165) is 57.2 Å². The molecule has 3 aromatic heterocycles. The van der Waals surface area contributed by atoms with Gasteiger partial charge in [-0.2, -0.15) is 0 Å². The maximum absolute atomic E-state index is 14.0. The quantitative estimate of drug-likeness (QED) is 0.352. The van der Waals surface area contributed by atoms with Gasteiger partial charge in [0.15, 0.2) is 0 Å². The first kappa shape index (κ1) is 23.8. The second-order valence-electron chi connectivity index (χ2n) is 10.4. The van der Waals surface area contributed by atoms with E-state index in [2.05, 4.69) is 27.0 Å². The van der Waals surface area contributed by atoms with E-state index in [-0.39, 0.29) is 17.8 Å². The molecule has 1 N–H and O–H groups in total. The summed E-state index contributed by atoms with van der Waals surface area (Å²) in [7, 11) is 1.86. The van der Waals surface area contributed by atoms with Crippen LogP contribution in [0.25, 0.3) is 33.2 Å². The van der Waals surface area contributed by atoms with E-state index >= 15 is 0 Å². The van der Waals surface area contributed by atoms with E-state index in [1.54, 1.807) is 24.7 Å². The van der Waals surface area contributed by atoms with Crippen molar-refractivity contribution in [2.45, 2.75) is 38.3 Å². The minimum absolute atomic E-state index is 0.0664. The van der Waals surface area contributed by atoms with E-state index < -0.39 is 5.60 Å². The second-order valence-corrected chi connectivity index (χ2v) is 10.4. The van der Waals surface area contributed by atoms with Gasteiger partial charge in [0.2, 0.25) is 0 Å². The van der Waals surface area contributed by atoms with E-state index in [1.807, 2.05) is 37.5 Å². The Balaban J connectivity index is 1.68. The van der Waals surface area contributed by atoms with Gasteiger partial charge < -0.3 is 14.4 Å². The zero-order chi connectivity index (χ0) is 25.7. The number of aliphatic hydroxyl groups is 1. The average molecular weight is 500 g/mol. The van der Waals surface area contributed by atoms with Gasteiger partial charge >= 0.3 is 0 Å². The molecule has 5 aromatic rings. The molecule has 7 nitrogen and oxygen atoms in total. The molecular weight excluding hydrogens is 469 g/mol. The first-order chi connectivity index (χ1) is 17.8. The predicted molar refractivity (Wildman–Crippen MR) is 141 cm³/mol. The fourth-order valence-corrected chi connectivity index (χ4v) is 5.60. The van der Waals surface area contributed by atoms with Crippen LogP contribution in [0.2, 0.25) is 0 Å². The van der Waals surface area contributed by atoms with E-state index in [4.69, 9.17) is 9.72 Å². The third kappa shape index (κ3) is 4.20. The Bertz CT molecular complexity index is 1580. The highest BCUT2D eigenvalue weighted by molar-refractivity contribution is 6.07. The van der Waals surface area contributed by atoms with E-state index in [0.29, 0.717) is 13.2 Å². The predicted octanol–water partition coefficient (Wildman–Crippen LogP) is 5.37. The Labute approximate surface area is 214 Å². The fraction of sp³-hybridized carbons (Fsp3) is 0.345. The van der Waals surface area contributed by atoms with Crippen molar-refractivity contribution < 1.29 is 14.2 Å². The summed E-state index contributed by atoms with van der Waals surface area (Å²) in [6.45, 7) is 4.98. The van der Waals surface area contributed by atoms with Crippen molar-refractivity contribution in [2.24, 2.45) is 13.0 Å². The van der Waals surface area contributed by atoms with Crippen molar-refractivity contribution in [1.29, 1.82) is 0 Å². The SMILES string of the molecule is Cn1nncc1-c1cnc2c3ccc(C(C)(C)O)cc3n([C@@H](c3ccc(F)cc3)C3CCOCC3)c2c1. The normalized spacial score (nSPS) is 16.0. The largest absolute Gasteiger partial charge is 0.386 e. The Hall–Kier alpha value is -3.62. The van der Waals surface area contributed by atoms with Gasteiger partial charge in [0.1, 0.15) is 5.82 Å². The molecule has 6 rings (SSSR count). The van der Waals surface area contributed by atoms with Gasteiger partial charge in [0.25, 0.3) is 0 Å². The highest BCUT2D eigenvalue weighted by Crippen LogP contribution is 2.42. The number of benzene rings is 2. The van der Waals surface area contributed by atoms with Crippen LogP contribution in [-0.4, -0.2) is 42.9 Å². The van der Waals surface area contributed by atoms with Crippen LogP contribution in [0.15, 0.2) is 60.9 Å². The lowest BCUT2D eigenvalue weighted by Gasteiger charge is -2.33. The van der Waals surface area contributed by atoms with Gasteiger partial charge in [-0.15, -0.1) is 5.10 Å². The highest BCUT2D eigenvalue weighted by atomic mass is 19.1. The first-order valence-electron chi connectivity index (χ1n) is 12.7. The summed E-state index contributed by atoms with van der Waals surface area (Å²) >= 11 is 0. The third-order valence-corrected chi connectivity index (χ3v) is 7.56. The standard InChI is InChI=1S/C29H30FN5O2/c1-29(2,36)21-6-9-23-24(15-21)35(25-14-20(16-31-27(23)25)26-17-32-33-34(26)3)28(19-10-12-37-13-11-19)18-4-7-22(30)8-5-18/h4-9,14-17,19,28,36H,10-13H2,1-3H3/t28-/m0/s1. The number of aryl methyl sites for hydroxylation is 1. The van der Waals surface area contributed by atoms with Crippen LogP contribution in [0.4, 0.5) is 4.39 Å². The number of halogens is 1. The minimum Gasteiger partial charge on any atom is -0.386 e. The molecule has 1 atom stereocenters. The van der Waals surface area contributed by atoms with Crippen LogP contribution >= 0.6 is 0 Å². The zero-order valence-electron chi connectivity index (χ0n) is 21.2. The molecule has 0 amide bonds. The minimum atomic E-state index is -1.00.